The van der Waals surface area contributed by atoms with Gasteiger partial charge in [0.1, 0.15) is 12.1 Å². The fourth-order valence-electron chi connectivity index (χ4n) is 5.16. The predicted octanol–water partition coefficient (Wildman–Crippen LogP) is 4.42. The van der Waals surface area contributed by atoms with Gasteiger partial charge in [-0.25, -0.2) is 14.8 Å². The average molecular weight is 503 g/mol. The van der Waals surface area contributed by atoms with Crippen LogP contribution >= 0.6 is 0 Å². The van der Waals surface area contributed by atoms with E-state index < -0.39 is 0 Å². The van der Waals surface area contributed by atoms with Crippen LogP contribution in [0.4, 0.5) is 16.4 Å². The number of carbonyl (C=O) groups excluding carboxylic acids is 1. The molecule has 2 N–H and O–H groups in total. The monoisotopic (exact) mass is 502 g/mol. The Kier molecular flexibility index (Phi) is 6.90. The van der Waals surface area contributed by atoms with E-state index in [0.29, 0.717) is 18.3 Å². The van der Waals surface area contributed by atoms with Crippen LogP contribution in [0.5, 0.6) is 0 Å². The van der Waals surface area contributed by atoms with E-state index in [4.69, 9.17) is 0 Å². The maximum absolute atomic E-state index is 12.7. The SMILES string of the molecule is Cc1cc(-c2cc(Nc3cc4n(n3)CCN(C)C4)ncn2)ccc1CNC(=O)N1CC[C@@H](C(C)(C)C)C1. The minimum absolute atomic E-state index is 0.0225. The highest BCUT2D eigenvalue weighted by molar-refractivity contribution is 5.74. The highest BCUT2D eigenvalue weighted by Crippen LogP contribution is 2.33. The number of hydrogen-bond acceptors (Lipinski definition) is 6. The lowest BCUT2D eigenvalue weighted by Gasteiger charge is -2.27. The number of likely N-dealkylation sites (N-methyl/N-ethyl adjacent to an activating group) is 1. The minimum Gasteiger partial charge on any atom is -0.334 e. The van der Waals surface area contributed by atoms with Crippen molar-refractivity contribution in [1.29, 1.82) is 0 Å². The van der Waals surface area contributed by atoms with Crippen molar-refractivity contribution in [3.8, 4) is 11.3 Å². The lowest BCUT2D eigenvalue weighted by atomic mass is 9.80. The summed E-state index contributed by atoms with van der Waals surface area (Å²) in [5.41, 5.74) is 5.49. The maximum atomic E-state index is 12.7. The number of rotatable bonds is 5. The van der Waals surface area contributed by atoms with E-state index >= 15 is 0 Å². The summed E-state index contributed by atoms with van der Waals surface area (Å²) in [4.78, 5) is 25.9. The second-order valence-electron chi connectivity index (χ2n) is 11.5. The van der Waals surface area contributed by atoms with Crippen molar-refractivity contribution in [1.82, 2.24) is 34.9 Å². The van der Waals surface area contributed by atoms with Crippen molar-refractivity contribution in [2.24, 2.45) is 11.3 Å². The van der Waals surface area contributed by atoms with Crippen LogP contribution in [0.15, 0.2) is 36.7 Å². The number of nitrogens with zero attached hydrogens (tertiary/aromatic N) is 6. The summed E-state index contributed by atoms with van der Waals surface area (Å²) in [6, 6.07) is 10.3. The third kappa shape index (κ3) is 5.77. The first-order chi connectivity index (χ1) is 17.7. The zero-order valence-electron chi connectivity index (χ0n) is 22.6. The molecule has 4 heterocycles. The molecule has 1 atom stereocenters. The average Bonchev–Trinajstić information content (AvgIpc) is 3.50. The van der Waals surface area contributed by atoms with E-state index in [0.717, 1.165) is 67.3 Å². The van der Waals surface area contributed by atoms with Crippen molar-refractivity contribution >= 4 is 17.7 Å². The standard InChI is InChI=1S/C28H38N8O/c1-19-12-20(6-7-21(19)15-29-27(37)35-9-8-22(16-35)28(2,3)4)24-14-25(31-18-30-24)32-26-13-23-17-34(5)10-11-36(23)33-26/h6-7,12-14,18,22H,8-11,15-17H2,1-5H3,(H,29,37)(H,30,31,32,33)/t22-/m1/s1. The Bertz CT molecular complexity index is 1280. The third-order valence-corrected chi connectivity index (χ3v) is 7.68. The molecule has 9 heteroatoms. The van der Waals surface area contributed by atoms with Crippen LogP contribution in [0.3, 0.4) is 0 Å². The van der Waals surface area contributed by atoms with Gasteiger partial charge in [-0.3, -0.25) is 9.58 Å². The molecular formula is C28H38N8O. The highest BCUT2D eigenvalue weighted by Gasteiger charge is 2.33. The van der Waals surface area contributed by atoms with E-state index in [-0.39, 0.29) is 11.4 Å². The molecule has 2 aliphatic heterocycles. The molecule has 5 rings (SSSR count). The molecule has 0 aliphatic carbocycles. The van der Waals surface area contributed by atoms with E-state index in [1.165, 1.54) is 5.69 Å². The van der Waals surface area contributed by atoms with Gasteiger partial charge in [0.2, 0.25) is 0 Å². The number of carbonyl (C=O) groups is 1. The highest BCUT2D eigenvalue weighted by atomic mass is 16.2. The van der Waals surface area contributed by atoms with Crippen molar-refractivity contribution in [2.45, 2.75) is 53.8 Å². The molecule has 9 nitrogen and oxygen atoms in total. The van der Waals surface area contributed by atoms with Gasteiger partial charge in [0.05, 0.1) is 17.9 Å². The number of nitrogens with one attached hydrogen (secondary N) is 2. The van der Waals surface area contributed by atoms with Crippen molar-refractivity contribution in [3.63, 3.8) is 0 Å². The van der Waals surface area contributed by atoms with Crippen LogP contribution in [-0.2, 0) is 19.6 Å². The third-order valence-electron chi connectivity index (χ3n) is 7.68. The van der Waals surface area contributed by atoms with E-state index in [1.54, 1.807) is 6.33 Å². The summed E-state index contributed by atoms with van der Waals surface area (Å²) in [6.07, 6.45) is 2.65. The second-order valence-corrected chi connectivity index (χ2v) is 11.5. The van der Waals surface area contributed by atoms with Gasteiger partial charge in [0.15, 0.2) is 5.82 Å². The number of urea groups is 1. The van der Waals surface area contributed by atoms with E-state index in [9.17, 15) is 4.79 Å². The van der Waals surface area contributed by atoms with Crippen LogP contribution < -0.4 is 10.6 Å². The zero-order valence-corrected chi connectivity index (χ0v) is 22.6. The largest absolute Gasteiger partial charge is 0.334 e. The Morgan fingerprint density at radius 1 is 1.08 bits per heavy atom. The van der Waals surface area contributed by atoms with Gasteiger partial charge in [-0.05, 0) is 48.9 Å². The summed E-state index contributed by atoms with van der Waals surface area (Å²) < 4.78 is 2.05. The van der Waals surface area contributed by atoms with Crippen LogP contribution in [0.1, 0.15) is 44.0 Å². The Hall–Kier alpha value is -3.46. The van der Waals surface area contributed by atoms with Crippen molar-refractivity contribution < 1.29 is 4.79 Å². The van der Waals surface area contributed by atoms with Gasteiger partial charge >= 0.3 is 6.03 Å². The van der Waals surface area contributed by atoms with Crippen LogP contribution in [0.2, 0.25) is 0 Å². The van der Waals surface area contributed by atoms with Gasteiger partial charge in [-0.15, -0.1) is 0 Å². The number of hydrogen-bond donors (Lipinski definition) is 2. The molecule has 1 fully saturated rings. The molecule has 0 spiro atoms. The zero-order chi connectivity index (χ0) is 26.2. The fraction of sp³-hybridized carbons (Fsp3) is 0.500. The quantitative estimate of drug-likeness (QED) is 0.537. The number of fused-ring (bicyclic) bond motifs is 1. The number of likely N-dealkylation sites (tertiary alicyclic amines) is 1. The van der Waals surface area contributed by atoms with E-state index in [1.807, 2.05) is 11.0 Å². The Labute approximate surface area is 219 Å². The van der Waals surface area contributed by atoms with Gasteiger partial charge < -0.3 is 15.5 Å². The topological polar surface area (TPSA) is 91.2 Å². The number of amides is 2. The fourth-order valence-corrected chi connectivity index (χ4v) is 5.16. The lowest BCUT2D eigenvalue weighted by Crippen LogP contribution is -2.39. The van der Waals surface area contributed by atoms with Gasteiger partial charge in [0.25, 0.3) is 0 Å². The molecule has 2 aromatic heterocycles. The molecule has 0 unspecified atom stereocenters. The summed E-state index contributed by atoms with van der Waals surface area (Å²) in [5.74, 6) is 2.05. The molecule has 0 bridgehead atoms. The smallest absolute Gasteiger partial charge is 0.317 e. The van der Waals surface area contributed by atoms with E-state index in [2.05, 4.69) is 94.3 Å². The first kappa shape index (κ1) is 25.2. The second kappa shape index (κ2) is 10.1. The molecule has 196 valence electrons. The van der Waals surface area contributed by atoms with Gasteiger partial charge in [-0.2, -0.15) is 5.10 Å². The molecular weight excluding hydrogens is 464 g/mol. The molecule has 2 amide bonds. The molecule has 37 heavy (non-hydrogen) atoms. The number of anilines is 2. The first-order valence-electron chi connectivity index (χ1n) is 13.1. The van der Waals surface area contributed by atoms with Crippen LogP contribution in [-0.4, -0.2) is 62.3 Å². The number of benzene rings is 1. The normalized spacial score (nSPS) is 18.1. The van der Waals surface area contributed by atoms with Crippen molar-refractivity contribution in [3.05, 3.63) is 53.5 Å². The molecule has 1 saturated heterocycles. The molecule has 1 aromatic carbocycles. The molecule has 0 saturated carbocycles. The predicted molar refractivity (Wildman–Crippen MR) is 145 cm³/mol. The summed E-state index contributed by atoms with van der Waals surface area (Å²) in [5, 5.41) is 11.1. The number of aromatic nitrogens is 4. The van der Waals surface area contributed by atoms with Crippen LogP contribution in [0, 0.1) is 18.3 Å². The summed E-state index contributed by atoms with van der Waals surface area (Å²) in [6.45, 7) is 13.8. The summed E-state index contributed by atoms with van der Waals surface area (Å²) in [7, 11) is 2.12. The maximum Gasteiger partial charge on any atom is 0.317 e. The van der Waals surface area contributed by atoms with Crippen LogP contribution in [0.25, 0.3) is 11.3 Å². The lowest BCUT2D eigenvalue weighted by molar-refractivity contribution is 0.196. The number of aryl methyl sites for hydroxylation is 1. The van der Waals surface area contributed by atoms with Crippen molar-refractivity contribution in [2.75, 3.05) is 32.0 Å². The Morgan fingerprint density at radius 3 is 2.68 bits per heavy atom. The van der Waals surface area contributed by atoms with Gasteiger partial charge in [0, 0.05) is 50.4 Å². The molecule has 3 aromatic rings. The minimum atomic E-state index is 0.0225. The summed E-state index contributed by atoms with van der Waals surface area (Å²) >= 11 is 0. The molecule has 0 radical (unpaired) electrons. The Morgan fingerprint density at radius 2 is 1.92 bits per heavy atom. The Balaban J connectivity index is 1.21. The molecule has 2 aliphatic rings. The first-order valence-corrected chi connectivity index (χ1v) is 13.1. The van der Waals surface area contributed by atoms with Gasteiger partial charge in [-0.1, -0.05) is 32.9 Å².